The molecule has 24 heavy (non-hydrogen) atoms. The predicted molar refractivity (Wildman–Crippen MR) is 95.6 cm³/mol. The summed E-state index contributed by atoms with van der Waals surface area (Å²) in [5.74, 6) is 0.503. The molecule has 0 aliphatic rings. The number of fused-ring (bicyclic) bond motifs is 1. The molecule has 3 rings (SSSR count). The van der Waals surface area contributed by atoms with Crippen molar-refractivity contribution in [3.8, 4) is 5.88 Å². The van der Waals surface area contributed by atoms with E-state index < -0.39 is 0 Å². The van der Waals surface area contributed by atoms with Gasteiger partial charge in [0, 0.05) is 6.54 Å². The molecule has 0 atom stereocenters. The first-order chi connectivity index (χ1) is 11.6. The summed E-state index contributed by atoms with van der Waals surface area (Å²) in [5.41, 5.74) is 0.927. The van der Waals surface area contributed by atoms with Crippen molar-refractivity contribution in [1.82, 2.24) is 14.7 Å². The zero-order valence-electron chi connectivity index (χ0n) is 14.0. The van der Waals surface area contributed by atoms with Crippen LogP contribution in [0.3, 0.4) is 0 Å². The Morgan fingerprint density at radius 3 is 2.38 bits per heavy atom. The van der Waals surface area contributed by atoms with Gasteiger partial charge in [0.05, 0.1) is 17.3 Å². The number of likely N-dealkylation sites (N-methyl/N-ethyl adjacent to an activating group) is 1. The summed E-state index contributed by atoms with van der Waals surface area (Å²) in [4.78, 5) is 14.7. The second-order valence-electron chi connectivity index (χ2n) is 5.95. The van der Waals surface area contributed by atoms with Crippen molar-refractivity contribution >= 4 is 10.8 Å². The third-order valence-corrected chi connectivity index (χ3v) is 3.79. The minimum absolute atomic E-state index is 0.102. The Labute approximate surface area is 141 Å². The Morgan fingerprint density at radius 1 is 1.00 bits per heavy atom. The number of nitrogens with zero attached hydrogens (tertiary/aromatic N) is 3. The molecule has 2 aromatic carbocycles. The van der Waals surface area contributed by atoms with Gasteiger partial charge in [-0.2, -0.15) is 0 Å². The molecule has 0 aliphatic heterocycles. The minimum atomic E-state index is -0.102. The SMILES string of the molecule is CN(C)CCOc1nn(Cc2ccccc2)c(=O)c2ccccc12. The Bertz CT molecular complexity index is 873. The monoisotopic (exact) mass is 323 g/mol. The fourth-order valence-corrected chi connectivity index (χ4v) is 2.50. The first kappa shape index (κ1) is 16.2. The first-order valence-corrected chi connectivity index (χ1v) is 7.96. The van der Waals surface area contributed by atoms with Crippen LogP contribution in [0.5, 0.6) is 5.88 Å². The van der Waals surface area contributed by atoms with Gasteiger partial charge in [-0.25, -0.2) is 4.68 Å². The van der Waals surface area contributed by atoms with Crippen LogP contribution in [0, 0.1) is 0 Å². The zero-order chi connectivity index (χ0) is 16.9. The van der Waals surface area contributed by atoms with Crippen LogP contribution < -0.4 is 10.3 Å². The maximum atomic E-state index is 12.7. The van der Waals surface area contributed by atoms with E-state index in [1.807, 2.05) is 73.6 Å². The molecule has 0 aliphatic carbocycles. The van der Waals surface area contributed by atoms with E-state index in [4.69, 9.17) is 4.74 Å². The van der Waals surface area contributed by atoms with E-state index >= 15 is 0 Å². The molecule has 0 saturated carbocycles. The van der Waals surface area contributed by atoms with E-state index in [1.54, 1.807) is 0 Å². The average molecular weight is 323 g/mol. The average Bonchev–Trinajstić information content (AvgIpc) is 2.59. The summed E-state index contributed by atoms with van der Waals surface area (Å²) in [6.07, 6.45) is 0. The number of hydrogen-bond acceptors (Lipinski definition) is 4. The standard InChI is InChI=1S/C19H21N3O2/c1-21(2)12-13-24-18-16-10-6-7-11-17(16)19(23)22(20-18)14-15-8-4-3-5-9-15/h3-11H,12-14H2,1-2H3. The maximum Gasteiger partial charge on any atom is 0.275 e. The molecule has 0 saturated heterocycles. The van der Waals surface area contributed by atoms with Crippen LogP contribution >= 0.6 is 0 Å². The molecule has 0 bridgehead atoms. The molecule has 0 fully saturated rings. The molecule has 3 aromatic rings. The Balaban J connectivity index is 1.99. The summed E-state index contributed by atoms with van der Waals surface area (Å²) in [5, 5.41) is 5.84. The van der Waals surface area contributed by atoms with Gasteiger partial charge in [-0.15, -0.1) is 5.10 Å². The molecule has 0 spiro atoms. The third kappa shape index (κ3) is 3.63. The van der Waals surface area contributed by atoms with Crippen molar-refractivity contribution in [3.05, 3.63) is 70.5 Å². The van der Waals surface area contributed by atoms with Gasteiger partial charge in [-0.05, 0) is 31.8 Å². The van der Waals surface area contributed by atoms with Crippen molar-refractivity contribution in [1.29, 1.82) is 0 Å². The molecule has 1 heterocycles. The van der Waals surface area contributed by atoms with Crippen molar-refractivity contribution in [2.45, 2.75) is 6.54 Å². The molecule has 0 amide bonds. The van der Waals surface area contributed by atoms with Crippen LogP contribution in [0.2, 0.25) is 0 Å². The predicted octanol–water partition coefficient (Wildman–Crippen LogP) is 2.39. The Kier molecular flexibility index (Phi) is 4.91. The summed E-state index contributed by atoms with van der Waals surface area (Å²) in [7, 11) is 3.98. The van der Waals surface area contributed by atoms with Gasteiger partial charge in [-0.1, -0.05) is 42.5 Å². The molecule has 1 aromatic heterocycles. The highest BCUT2D eigenvalue weighted by Gasteiger charge is 2.11. The van der Waals surface area contributed by atoms with Gasteiger partial charge in [-0.3, -0.25) is 4.79 Å². The molecule has 124 valence electrons. The molecule has 0 radical (unpaired) electrons. The third-order valence-electron chi connectivity index (χ3n) is 3.79. The van der Waals surface area contributed by atoms with Crippen molar-refractivity contribution < 1.29 is 4.74 Å². The zero-order valence-corrected chi connectivity index (χ0v) is 14.0. The number of rotatable bonds is 6. The van der Waals surface area contributed by atoms with Crippen molar-refractivity contribution in [2.24, 2.45) is 0 Å². The highest BCUT2D eigenvalue weighted by atomic mass is 16.5. The van der Waals surface area contributed by atoms with Crippen LogP contribution in [0.15, 0.2) is 59.4 Å². The van der Waals surface area contributed by atoms with Crippen LogP contribution in [-0.2, 0) is 6.54 Å². The van der Waals surface area contributed by atoms with E-state index in [0.717, 1.165) is 17.5 Å². The summed E-state index contributed by atoms with van der Waals surface area (Å²) < 4.78 is 7.33. The lowest BCUT2D eigenvalue weighted by Gasteiger charge is -2.14. The number of hydrogen-bond donors (Lipinski definition) is 0. The van der Waals surface area contributed by atoms with Crippen molar-refractivity contribution in [2.75, 3.05) is 27.2 Å². The van der Waals surface area contributed by atoms with Crippen molar-refractivity contribution in [3.63, 3.8) is 0 Å². The van der Waals surface area contributed by atoms with E-state index in [1.165, 1.54) is 4.68 Å². The summed E-state index contributed by atoms with van der Waals surface area (Å²) in [6, 6.07) is 17.3. The summed E-state index contributed by atoms with van der Waals surface area (Å²) in [6.45, 7) is 1.73. The number of benzene rings is 2. The highest BCUT2D eigenvalue weighted by Crippen LogP contribution is 2.20. The Hall–Kier alpha value is -2.66. The smallest absolute Gasteiger partial charge is 0.275 e. The van der Waals surface area contributed by atoms with E-state index in [2.05, 4.69) is 5.10 Å². The van der Waals surface area contributed by atoms with Gasteiger partial charge in [0.15, 0.2) is 0 Å². The van der Waals surface area contributed by atoms with Gasteiger partial charge < -0.3 is 9.64 Å². The molecule has 0 unspecified atom stereocenters. The molecular formula is C19H21N3O2. The second kappa shape index (κ2) is 7.27. The Morgan fingerprint density at radius 2 is 1.67 bits per heavy atom. The topological polar surface area (TPSA) is 47.4 Å². The van der Waals surface area contributed by atoms with Crippen LogP contribution in [0.25, 0.3) is 10.8 Å². The van der Waals surface area contributed by atoms with Crippen LogP contribution in [0.1, 0.15) is 5.56 Å². The normalized spacial score (nSPS) is 11.1. The fraction of sp³-hybridized carbons (Fsp3) is 0.263. The molecular weight excluding hydrogens is 302 g/mol. The van der Waals surface area contributed by atoms with E-state index in [9.17, 15) is 4.79 Å². The molecule has 5 heteroatoms. The number of aromatic nitrogens is 2. The van der Waals surface area contributed by atoms with Gasteiger partial charge in [0.1, 0.15) is 6.61 Å². The van der Waals surface area contributed by atoms with Gasteiger partial charge in [0.25, 0.3) is 5.56 Å². The molecule has 0 N–H and O–H groups in total. The van der Waals surface area contributed by atoms with Crippen LogP contribution in [-0.4, -0.2) is 41.9 Å². The fourth-order valence-electron chi connectivity index (χ4n) is 2.50. The first-order valence-electron chi connectivity index (χ1n) is 7.96. The highest BCUT2D eigenvalue weighted by molar-refractivity contribution is 5.85. The lowest BCUT2D eigenvalue weighted by molar-refractivity contribution is 0.251. The van der Waals surface area contributed by atoms with Crippen LogP contribution in [0.4, 0.5) is 0 Å². The minimum Gasteiger partial charge on any atom is -0.475 e. The second-order valence-corrected chi connectivity index (χ2v) is 5.95. The van der Waals surface area contributed by atoms with Gasteiger partial charge >= 0.3 is 0 Å². The lowest BCUT2D eigenvalue weighted by Crippen LogP contribution is -2.25. The van der Waals surface area contributed by atoms with E-state index in [0.29, 0.717) is 24.4 Å². The van der Waals surface area contributed by atoms with E-state index in [-0.39, 0.29) is 5.56 Å². The van der Waals surface area contributed by atoms with Gasteiger partial charge in [0.2, 0.25) is 5.88 Å². The maximum absolute atomic E-state index is 12.7. The number of ether oxygens (including phenoxy) is 1. The quantitative estimate of drug-likeness (QED) is 0.699. The summed E-state index contributed by atoms with van der Waals surface area (Å²) >= 11 is 0. The largest absolute Gasteiger partial charge is 0.475 e. The lowest BCUT2D eigenvalue weighted by atomic mass is 10.2. The molecule has 5 nitrogen and oxygen atoms in total.